The lowest BCUT2D eigenvalue weighted by atomic mass is 9.84. The average molecular weight is 274 g/mol. The predicted molar refractivity (Wildman–Crippen MR) is 52.7 cm³/mol. The number of carbonyl (C=O) groups is 1. The number of carboxylic acids is 1. The van der Waals surface area contributed by atoms with Crippen LogP contribution >= 0.6 is 0 Å². The third-order valence-corrected chi connectivity index (χ3v) is 3.25. The molecule has 0 aliphatic heterocycles. The van der Waals surface area contributed by atoms with Crippen LogP contribution in [0.2, 0.25) is 0 Å². The number of halogens is 4. The molecule has 1 heterocycles. The fraction of sp³-hybridized carbons (Fsp3) is 0.455. The van der Waals surface area contributed by atoms with Crippen molar-refractivity contribution in [3.8, 4) is 11.8 Å². The zero-order valence-corrected chi connectivity index (χ0v) is 9.20. The highest BCUT2D eigenvalue weighted by atomic mass is 19.3. The molecule has 0 fully saturated rings. The third kappa shape index (κ3) is 1.41. The monoisotopic (exact) mass is 274 g/mol. The zero-order chi connectivity index (χ0) is 13.9. The molecule has 1 N–H and O–H groups in total. The first kappa shape index (κ1) is 12.0. The molecule has 2 unspecified atom stereocenters. The number of aromatic nitrogens is 2. The number of fused-ring (bicyclic) bond motifs is 3. The largest absolute Gasteiger partial charge is 0.480 e. The van der Waals surface area contributed by atoms with Gasteiger partial charge in [0.15, 0.2) is 0 Å². The van der Waals surface area contributed by atoms with E-state index in [1.54, 1.807) is 0 Å². The molecule has 100 valence electrons. The van der Waals surface area contributed by atoms with E-state index in [4.69, 9.17) is 5.11 Å². The Morgan fingerprint density at radius 2 is 2.16 bits per heavy atom. The van der Waals surface area contributed by atoms with Gasteiger partial charge in [-0.3, -0.25) is 9.48 Å². The van der Waals surface area contributed by atoms with E-state index in [9.17, 15) is 22.4 Å². The summed E-state index contributed by atoms with van der Waals surface area (Å²) in [5, 5.41) is 12.0. The minimum atomic E-state index is -3.44. The van der Waals surface area contributed by atoms with Gasteiger partial charge in [0.1, 0.15) is 23.9 Å². The lowest BCUT2D eigenvalue weighted by Gasteiger charge is -2.23. The summed E-state index contributed by atoms with van der Waals surface area (Å²) in [5.74, 6) is -2.54. The van der Waals surface area contributed by atoms with Crippen molar-refractivity contribution in [2.45, 2.75) is 24.8 Å². The van der Waals surface area contributed by atoms with Crippen molar-refractivity contribution < 1.29 is 27.5 Å². The third-order valence-electron chi connectivity index (χ3n) is 3.25. The number of aliphatic carboxylic acids is 1. The van der Waals surface area contributed by atoms with Crippen LogP contribution in [0.4, 0.5) is 17.6 Å². The Bertz CT molecular complexity index is 641. The lowest BCUT2D eigenvalue weighted by Crippen LogP contribution is -2.29. The summed E-state index contributed by atoms with van der Waals surface area (Å²) < 4.78 is 54.1. The summed E-state index contributed by atoms with van der Waals surface area (Å²) in [5.41, 5.74) is -1.85. The maximum Gasteiger partial charge on any atom is 0.325 e. The Morgan fingerprint density at radius 1 is 1.47 bits per heavy atom. The molecular formula is C11H6F4N2O2. The molecule has 0 radical (unpaired) electrons. The Morgan fingerprint density at radius 3 is 2.63 bits per heavy atom. The Hall–Kier alpha value is -2.04. The lowest BCUT2D eigenvalue weighted by molar-refractivity contribution is -0.138. The van der Waals surface area contributed by atoms with Crippen molar-refractivity contribution >= 4 is 5.97 Å². The first-order valence-corrected chi connectivity index (χ1v) is 5.34. The number of rotatable bonds is 3. The fourth-order valence-electron chi connectivity index (χ4n) is 2.49. The summed E-state index contributed by atoms with van der Waals surface area (Å²) in [6, 6.07) is 0. The van der Waals surface area contributed by atoms with E-state index in [2.05, 4.69) is 16.9 Å². The second-order valence-corrected chi connectivity index (χ2v) is 4.37. The number of alkyl halides is 4. The smallest absolute Gasteiger partial charge is 0.325 e. The van der Waals surface area contributed by atoms with E-state index >= 15 is 0 Å². The Kier molecular flexibility index (Phi) is 2.21. The number of hydrogen-bond acceptors (Lipinski definition) is 2. The van der Waals surface area contributed by atoms with Gasteiger partial charge >= 0.3 is 11.9 Å². The van der Waals surface area contributed by atoms with E-state index in [1.807, 2.05) is 0 Å². The molecule has 0 amide bonds. The molecule has 0 aromatic carbocycles. The minimum Gasteiger partial charge on any atom is -0.480 e. The molecule has 4 nitrogen and oxygen atoms in total. The number of nitrogens with zero attached hydrogens (tertiary/aromatic N) is 2. The molecule has 2 aliphatic carbocycles. The van der Waals surface area contributed by atoms with Crippen molar-refractivity contribution in [1.82, 2.24) is 9.78 Å². The van der Waals surface area contributed by atoms with E-state index in [1.165, 1.54) is 0 Å². The number of hydrogen-bond donors (Lipinski definition) is 1. The van der Waals surface area contributed by atoms with Gasteiger partial charge in [-0.25, -0.2) is 8.78 Å². The van der Waals surface area contributed by atoms with Crippen LogP contribution in [-0.2, 0) is 17.3 Å². The summed E-state index contributed by atoms with van der Waals surface area (Å²) in [4.78, 5) is 10.6. The van der Waals surface area contributed by atoms with E-state index in [0.29, 0.717) is 4.68 Å². The van der Waals surface area contributed by atoms with Crippen LogP contribution in [0.1, 0.15) is 29.3 Å². The molecule has 0 saturated carbocycles. The number of carboxylic acid groups (broad SMARTS) is 1. The van der Waals surface area contributed by atoms with E-state index < -0.39 is 48.1 Å². The van der Waals surface area contributed by atoms with Gasteiger partial charge in [-0.1, -0.05) is 11.8 Å². The molecule has 2 aliphatic rings. The van der Waals surface area contributed by atoms with Crippen LogP contribution in [-0.4, -0.2) is 20.9 Å². The molecule has 0 saturated heterocycles. The molecule has 19 heavy (non-hydrogen) atoms. The summed E-state index contributed by atoms with van der Waals surface area (Å²) in [6.07, 6.45) is -3.04. The van der Waals surface area contributed by atoms with Gasteiger partial charge in [-0.05, 0) is 0 Å². The van der Waals surface area contributed by atoms with E-state index in [0.717, 1.165) is 0 Å². The van der Waals surface area contributed by atoms with Crippen molar-refractivity contribution in [3.05, 3.63) is 17.0 Å². The van der Waals surface area contributed by atoms with Crippen molar-refractivity contribution in [2.75, 3.05) is 0 Å². The van der Waals surface area contributed by atoms with Gasteiger partial charge in [0, 0.05) is 5.56 Å². The first-order chi connectivity index (χ1) is 8.84. The Balaban J connectivity index is 2.20. The molecule has 0 spiro atoms. The van der Waals surface area contributed by atoms with Gasteiger partial charge in [-0.2, -0.15) is 13.9 Å². The maximum atomic E-state index is 14.0. The predicted octanol–water partition coefficient (Wildman–Crippen LogP) is 1.73. The van der Waals surface area contributed by atoms with Crippen LogP contribution in [0.25, 0.3) is 0 Å². The van der Waals surface area contributed by atoms with Crippen LogP contribution in [0.3, 0.4) is 0 Å². The SMILES string of the molecule is O=C(O)Cn1nc(C(F)F)c2c1C(F)(F)C1C#CC21. The highest BCUT2D eigenvalue weighted by Crippen LogP contribution is 2.57. The molecule has 3 rings (SSSR count). The van der Waals surface area contributed by atoms with Crippen LogP contribution in [0, 0.1) is 17.8 Å². The molecular weight excluding hydrogens is 268 g/mol. The quantitative estimate of drug-likeness (QED) is 0.674. The second-order valence-electron chi connectivity index (χ2n) is 4.37. The maximum absolute atomic E-state index is 14.0. The average Bonchev–Trinajstić information content (AvgIpc) is 2.60. The fourth-order valence-corrected chi connectivity index (χ4v) is 2.49. The Labute approximate surface area is 104 Å². The van der Waals surface area contributed by atoms with Crippen LogP contribution in [0.5, 0.6) is 0 Å². The van der Waals surface area contributed by atoms with Gasteiger partial charge in [0.05, 0.1) is 5.92 Å². The van der Waals surface area contributed by atoms with Gasteiger partial charge in [0.25, 0.3) is 6.43 Å². The summed E-state index contributed by atoms with van der Waals surface area (Å²) >= 11 is 0. The normalized spacial score (nSPS) is 25.3. The van der Waals surface area contributed by atoms with Crippen LogP contribution < -0.4 is 0 Å². The highest BCUT2D eigenvalue weighted by Gasteiger charge is 2.60. The van der Waals surface area contributed by atoms with Crippen molar-refractivity contribution in [2.24, 2.45) is 5.92 Å². The van der Waals surface area contributed by atoms with Gasteiger partial charge < -0.3 is 5.11 Å². The van der Waals surface area contributed by atoms with Crippen LogP contribution in [0.15, 0.2) is 0 Å². The van der Waals surface area contributed by atoms with Gasteiger partial charge in [-0.15, -0.1) is 0 Å². The van der Waals surface area contributed by atoms with E-state index in [-0.39, 0.29) is 5.56 Å². The zero-order valence-electron chi connectivity index (χ0n) is 9.20. The van der Waals surface area contributed by atoms with Crippen molar-refractivity contribution in [3.63, 3.8) is 0 Å². The molecule has 0 bridgehead atoms. The molecule has 1 aromatic rings. The molecule has 1 aromatic heterocycles. The summed E-state index contributed by atoms with van der Waals surface area (Å²) in [6.45, 7) is -0.885. The summed E-state index contributed by atoms with van der Waals surface area (Å²) in [7, 11) is 0. The standard InChI is InChI=1S/C11H6F4N2O2/c12-10(13)8-7-4-1-2-5(4)11(14,15)9(7)17(16-8)3-6(18)19/h4-5,10H,3H2,(H,18,19). The first-order valence-electron chi connectivity index (χ1n) is 5.34. The topological polar surface area (TPSA) is 55.1 Å². The molecule has 8 heteroatoms. The van der Waals surface area contributed by atoms with Gasteiger partial charge in [0.2, 0.25) is 0 Å². The minimum absolute atomic E-state index is 0.301. The second kappa shape index (κ2) is 3.50. The van der Waals surface area contributed by atoms with Crippen molar-refractivity contribution in [1.29, 1.82) is 0 Å². The molecule has 2 atom stereocenters. The highest BCUT2D eigenvalue weighted by molar-refractivity contribution is 5.67.